The van der Waals surface area contributed by atoms with Gasteiger partial charge in [-0.2, -0.15) is 0 Å². The molecule has 2 heteroatoms. The summed E-state index contributed by atoms with van der Waals surface area (Å²) in [5, 5.41) is 0. The SMILES string of the molecule is Cc1ccc([C@@H](CN)OC(C)C)cc1. The van der Waals surface area contributed by atoms with Gasteiger partial charge in [0.2, 0.25) is 0 Å². The third-order valence-electron chi connectivity index (χ3n) is 2.10. The maximum atomic E-state index is 5.70. The highest BCUT2D eigenvalue weighted by Gasteiger charge is 2.10. The van der Waals surface area contributed by atoms with Crippen molar-refractivity contribution in [2.45, 2.75) is 33.0 Å². The summed E-state index contributed by atoms with van der Waals surface area (Å²) in [6, 6.07) is 8.33. The van der Waals surface area contributed by atoms with E-state index in [0.717, 1.165) is 5.56 Å². The van der Waals surface area contributed by atoms with Gasteiger partial charge in [0.15, 0.2) is 0 Å². The lowest BCUT2D eigenvalue weighted by Crippen LogP contribution is -2.19. The number of benzene rings is 1. The largest absolute Gasteiger partial charge is 0.370 e. The molecule has 0 aliphatic carbocycles. The summed E-state index contributed by atoms with van der Waals surface area (Å²) in [5.74, 6) is 0. The Balaban J connectivity index is 2.73. The Kier molecular flexibility index (Phi) is 4.11. The first-order valence-electron chi connectivity index (χ1n) is 5.05. The first-order chi connectivity index (χ1) is 6.63. The van der Waals surface area contributed by atoms with Gasteiger partial charge in [0, 0.05) is 6.54 Å². The van der Waals surface area contributed by atoms with Gasteiger partial charge in [0.1, 0.15) is 0 Å². The van der Waals surface area contributed by atoms with Gasteiger partial charge in [-0.25, -0.2) is 0 Å². The van der Waals surface area contributed by atoms with Crippen LogP contribution in [-0.4, -0.2) is 12.6 Å². The summed E-state index contributed by atoms with van der Waals surface area (Å²) in [6.07, 6.45) is 0.237. The molecule has 2 nitrogen and oxygen atoms in total. The minimum Gasteiger partial charge on any atom is -0.370 e. The summed E-state index contributed by atoms with van der Waals surface area (Å²) >= 11 is 0. The molecule has 0 radical (unpaired) electrons. The molecule has 0 amide bonds. The second kappa shape index (κ2) is 5.13. The van der Waals surface area contributed by atoms with Crippen LogP contribution in [0.25, 0.3) is 0 Å². The number of ether oxygens (including phenoxy) is 1. The topological polar surface area (TPSA) is 35.2 Å². The Morgan fingerprint density at radius 3 is 2.21 bits per heavy atom. The molecule has 2 N–H and O–H groups in total. The molecule has 1 atom stereocenters. The minimum atomic E-state index is 0.0237. The van der Waals surface area contributed by atoms with Crippen LogP contribution < -0.4 is 5.73 Å². The van der Waals surface area contributed by atoms with Crippen molar-refractivity contribution in [3.05, 3.63) is 35.4 Å². The number of hydrogen-bond donors (Lipinski definition) is 1. The quantitative estimate of drug-likeness (QED) is 0.797. The van der Waals surface area contributed by atoms with Crippen molar-refractivity contribution >= 4 is 0 Å². The van der Waals surface area contributed by atoms with Gasteiger partial charge in [-0.1, -0.05) is 29.8 Å². The molecule has 0 fully saturated rings. The van der Waals surface area contributed by atoms with Crippen molar-refractivity contribution < 1.29 is 4.74 Å². The molecule has 1 rings (SSSR count). The highest BCUT2D eigenvalue weighted by molar-refractivity contribution is 5.23. The molecule has 14 heavy (non-hydrogen) atoms. The Bertz CT molecular complexity index is 266. The van der Waals surface area contributed by atoms with E-state index >= 15 is 0 Å². The van der Waals surface area contributed by atoms with E-state index in [-0.39, 0.29) is 12.2 Å². The molecule has 0 aliphatic heterocycles. The Labute approximate surface area is 86.1 Å². The van der Waals surface area contributed by atoms with E-state index in [1.54, 1.807) is 0 Å². The molecule has 0 heterocycles. The van der Waals surface area contributed by atoms with Crippen LogP contribution in [0.5, 0.6) is 0 Å². The molecule has 0 aliphatic rings. The second-order valence-corrected chi connectivity index (χ2v) is 3.82. The van der Waals surface area contributed by atoms with Crippen molar-refractivity contribution in [1.29, 1.82) is 0 Å². The maximum Gasteiger partial charge on any atom is 0.0950 e. The molecule has 1 aromatic rings. The summed E-state index contributed by atoms with van der Waals surface area (Å²) < 4.78 is 5.70. The van der Waals surface area contributed by atoms with Crippen LogP contribution in [0, 0.1) is 6.92 Å². The zero-order chi connectivity index (χ0) is 10.6. The Morgan fingerprint density at radius 1 is 1.21 bits per heavy atom. The Hall–Kier alpha value is -0.860. The highest BCUT2D eigenvalue weighted by Crippen LogP contribution is 2.18. The monoisotopic (exact) mass is 193 g/mol. The van der Waals surface area contributed by atoms with Crippen LogP contribution in [-0.2, 0) is 4.74 Å². The average Bonchev–Trinajstić information content (AvgIpc) is 2.15. The van der Waals surface area contributed by atoms with Gasteiger partial charge in [-0.3, -0.25) is 0 Å². The smallest absolute Gasteiger partial charge is 0.0950 e. The maximum absolute atomic E-state index is 5.70. The predicted molar refractivity (Wildman–Crippen MR) is 59.2 cm³/mol. The van der Waals surface area contributed by atoms with E-state index in [1.807, 2.05) is 13.8 Å². The molecule has 0 saturated carbocycles. The fraction of sp³-hybridized carbons (Fsp3) is 0.500. The van der Waals surface area contributed by atoms with Gasteiger partial charge in [0.25, 0.3) is 0 Å². The van der Waals surface area contributed by atoms with E-state index in [9.17, 15) is 0 Å². The number of hydrogen-bond acceptors (Lipinski definition) is 2. The van der Waals surface area contributed by atoms with Crippen LogP contribution in [0.1, 0.15) is 31.1 Å². The van der Waals surface area contributed by atoms with E-state index < -0.39 is 0 Å². The van der Waals surface area contributed by atoms with Gasteiger partial charge in [-0.05, 0) is 26.3 Å². The van der Waals surface area contributed by atoms with Crippen molar-refractivity contribution in [2.24, 2.45) is 5.73 Å². The first-order valence-corrected chi connectivity index (χ1v) is 5.05. The minimum absolute atomic E-state index is 0.0237. The van der Waals surface area contributed by atoms with Crippen molar-refractivity contribution in [2.75, 3.05) is 6.54 Å². The van der Waals surface area contributed by atoms with Crippen molar-refractivity contribution in [3.63, 3.8) is 0 Å². The lowest BCUT2D eigenvalue weighted by Gasteiger charge is -2.19. The molecular formula is C12H19NO. The number of rotatable bonds is 4. The van der Waals surface area contributed by atoms with Crippen molar-refractivity contribution in [1.82, 2.24) is 0 Å². The molecule has 0 bridgehead atoms. The van der Waals surface area contributed by atoms with E-state index in [1.165, 1.54) is 5.56 Å². The molecule has 1 aromatic carbocycles. The van der Waals surface area contributed by atoms with E-state index in [0.29, 0.717) is 6.54 Å². The predicted octanol–water partition coefficient (Wildman–Crippen LogP) is 2.42. The zero-order valence-electron chi connectivity index (χ0n) is 9.16. The molecule has 0 saturated heterocycles. The van der Waals surface area contributed by atoms with Crippen LogP contribution in [0.15, 0.2) is 24.3 Å². The summed E-state index contributed by atoms with van der Waals surface area (Å²) in [7, 11) is 0. The fourth-order valence-electron chi connectivity index (χ4n) is 1.38. The highest BCUT2D eigenvalue weighted by atomic mass is 16.5. The van der Waals surface area contributed by atoms with Crippen LogP contribution in [0.3, 0.4) is 0 Å². The lowest BCUT2D eigenvalue weighted by molar-refractivity contribution is 0.0120. The van der Waals surface area contributed by atoms with Gasteiger partial charge in [0.05, 0.1) is 12.2 Å². The molecule has 0 spiro atoms. The summed E-state index contributed by atoms with van der Waals surface area (Å²) in [5.41, 5.74) is 8.08. The molecule has 0 aromatic heterocycles. The lowest BCUT2D eigenvalue weighted by atomic mass is 10.1. The first kappa shape index (κ1) is 11.2. The Morgan fingerprint density at radius 2 is 1.79 bits per heavy atom. The molecule has 0 unspecified atom stereocenters. The van der Waals surface area contributed by atoms with Gasteiger partial charge < -0.3 is 10.5 Å². The van der Waals surface area contributed by atoms with Gasteiger partial charge >= 0.3 is 0 Å². The standard InChI is InChI=1S/C12H19NO/c1-9(2)14-12(8-13)11-6-4-10(3)5-7-11/h4-7,9,12H,8,13H2,1-3H3/t12-/m1/s1. The fourth-order valence-corrected chi connectivity index (χ4v) is 1.38. The van der Waals surface area contributed by atoms with Crippen LogP contribution >= 0.6 is 0 Å². The second-order valence-electron chi connectivity index (χ2n) is 3.82. The zero-order valence-corrected chi connectivity index (χ0v) is 9.16. The molecular weight excluding hydrogens is 174 g/mol. The summed E-state index contributed by atoms with van der Waals surface area (Å²) in [4.78, 5) is 0. The third-order valence-corrected chi connectivity index (χ3v) is 2.10. The average molecular weight is 193 g/mol. The number of aryl methyl sites for hydroxylation is 1. The van der Waals surface area contributed by atoms with Crippen LogP contribution in [0.4, 0.5) is 0 Å². The van der Waals surface area contributed by atoms with Crippen LogP contribution in [0.2, 0.25) is 0 Å². The van der Waals surface area contributed by atoms with Gasteiger partial charge in [-0.15, -0.1) is 0 Å². The normalized spacial score (nSPS) is 13.2. The molecule has 78 valence electrons. The van der Waals surface area contributed by atoms with E-state index in [2.05, 4.69) is 31.2 Å². The van der Waals surface area contributed by atoms with Crippen molar-refractivity contribution in [3.8, 4) is 0 Å². The summed E-state index contributed by atoms with van der Waals surface area (Å²) in [6.45, 7) is 6.65. The van der Waals surface area contributed by atoms with E-state index in [4.69, 9.17) is 10.5 Å². The third kappa shape index (κ3) is 3.13. The number of nitrogens with two attached hydrogens (primary N) is 1.